The second kappa shape index (κ2) is 11.1. The van der Waals surface area contributed by atoms with E-state index in [2.05, 4.69) is 5.32 Å². The van der Waals surface area contributed by atoms with E-state index in [9.17, 15) is 14.4 Å². The van der Waals surface area contributed by atoms with Crippen molar-refractivity contribution in [2.75, 3.05) is 39.2 Å². The Morgan fingerprint density at radius 2 is 1.78 bits per heavy atom. The topological polar surface area (TPSA) is 88.2 Å². The number of hydrogen-bond donors (Lipinski definition) is 1. The van der Waals surface area contributed by atoms with Crippen LogP contribution >= 0.6 is 0 Å². The number of carbonyl (C=O) groups excluding carboxylic acids is 3. The summed E-state index contributed by atoms with van der Waals surface area (Å²) in [6.07, 6.45) is 1.62. The van der Waals surface area contributed by atoms with Gasteiger partial charge in [-0.1, -0.05) is 25.1 Å². The second-order valence-corrected chi connectivity index (χ2v) is 9.89. The number of nitrogens with one attached hydrogen (secondary N) is 1. The normalized spacial score (nSPS) is 23.1. The van der Waals surface area contributed by atoms with Gasteiger partial charge in [-0.25, -0.2) is 0 Å². The lowest BCUT2D eigenvalue weighted by molar-refractivity contribution is -0.136. The molecule has 1 aliphatic carbocycles. The molecule has 1 N–H and O–H groups in total. The zero-order valence-electron chi connectivity index (χ0n) is 21.4. The molecule has 3 amide bonds. The van der Waals surface area contributed by atoms with Crippen molar-refractivity contribution in [3.8, 4) is 5.75 Å². The van der Waals surface area contributed by atoms with Gasteiger partial charge in [0.2, 0.25) is 5.91 Å². The molecule has 3 atom stereocenters. The monoisotopic (exact) mass is 493 g/mol. The van der Waals surface area contributed by atoms with Crippen molar-refractivity contribution in [3.05, 3.63) is 59.7 Å². The van der Waals surface area contributed by atoms with E-state index >= 15 is 0 Å². The number of rotatable bonds is 4. The number of amides is 3. The lowest BCUT2D eigenvalue weighted by Gasteiger charge is -2.36. The summed E-state index contributed by atoms with van der Waals surface area (Å²) >= 11 is 0. The highest BCUT2D eigenvalue weighted by atomic mass is 16.5. The van der Waals surface area contributed by atoms with E-state index in [4.69, 9.17) is 9.47 Å². The summed E-state index contributed by atoms with van der Waals surface area (Å²) in [5, 5.41) is 2.86. The van der Waals surface area contributed by atoms with Crippen LogP contribution in [0.1, 0.15) is 47.4 Å². The summed E-state index contributed by atoms with van der Waals surface area (Å²) in [6, 6.07) is 13.8. The Bertz CT molecular complexity index is 1100. The Morgan fingerprint density at radius 3 is 2.44 bits per heavy atom. The molecule has 1 fully saturated rings. The molecule has 1 aliphatic heterocycles. The standard InChI is InChI=1S/C28H35N3O5/c1-18-15-31(27(33)21-10-11-21)19(2)17-36-24-13-12-22(29-26(32)20-8-6-5-7-9-20)14-23(24)28(34)30(3)16-25(18)35-4/h5-9,12-14,18-19,21,25H,10-11,15-17H2,1-4H3,(H,29,32)/t18-,19+,25-/m1/s1. The predicted molar refractivity (Wildman–Crippen MR) is 137 cm³/mol. The number of ether oxygens (including phenoxy) is 2. The largest absolute Gasteiger partial charge is 0.491 e. The maximum absolute atomic E-state index is 13.5. The third-order valence-corrected chi connectivity index (χ3v) is 6.95. The van der Waals surface area contributed by atoms with Crippen LogP contribution in [0.3, 0.4) is 0 Å². The van der Waals surface area contributed by atoms with Gasteiger partial charge in [0.05, 0.1) is 17.7 Å². The first-order valence-corrected chi connectivity index (χ1v) is 12.5. The van der Waals surface area contributed by atoms with E-state index in [1.807, 2.05) is 24.8 Å². The molecule has 0 bridgehead atoms. The van der Waals surface area contributed by atoms with Gasteiger partial charge >= 0.3 is 0 Å². The van der Waals surface area contributed by atoms with E-state index in [0.29, 0.717) is 35.7 Å². The van der Waals surface area contributed by atoms with Crippen LogP contribution < -0.4 is 10.1 Å². The highest BCUT2D eigenvalue weighted by Crippen LogP contribution is 2.33. The van der Waals surface area contributed by atoms with E-state index in [1.165, 1.54) is 0 Å². The van der Waals surface area contributed by atoms with Crippen molar-refractivity contribution >= 4 is 23.4 Å². The number of benzene rings is 2. The molecule has 1 saturated carbocycles. The number of fused-ring (bicyclic) bond motifs is 1. The molecular formula is C28H35N3O5. The highest BCUT2D eigenvalue weighted by Gasteiger charge is 2.37. The Labute approximate surface area is 212 Å². The maximum Gasteiger partial charge on any atom is 0.257 e. The van der Waals surface area contributed by atoms with Crippen LogP contribution in [0.5, 0.6) is 5.75 Å². The van der Waals surface area contributed by atoms with Gasteiger partial charge in [-0.3, -0.25) is 14.4 Å². The summed E-state index contributed by atoms with van der Waals surface area (Å²) in [5.41, 5.74) is 1.37. The van der Waals surface area contributed by atoms with Crippen LogP contribution in [-0.2, 0) is 9.53 Å². The molecule has 2 aromatic carbocycles. The van der Waals surface area contributed by atoms with Gasteiger partial charge in [0, 0.05) is 50.3 Å². The molecule has 36 heavy (non-hydrogen) atoms. The summed E-state index contributed by atoms with van der Waals surface area (Å²) in [4.78, 5) is 42.8. The fourth-order valence-electron chi connectivity index (χ4n) is 4.52. The Morgan fingerprint density at radius 1 is 1.06 bits per heavy atom. The summed E-state index contributed by atoms with van der Waals surface area (Å²) < 4.78 is 11.9. The van der Waals surface area contributed by atoms with Gasteiger partial charge in [0.1, 0.15) is 12.4 Å². The van der Waals surface area contributed by atoms with Crippen LogP contribution in [0.4, 0.5) is 5.69 Å². The van der Waals surface area contributed by atoms with Crippen molar-refractivity contribution < 1.29 is 23.9 Å². The Hall–Kier alpha value is -3.39. The molecule has 0 aromatic heterocycles. The second-order valence-electron chi connectivity index (χ2n) is 9.89. The minimum absolute atomic E-state index is 0.0193. The SMILES string of the molecule is CO[C@@H]1CN(C)C(=O)c2cc(NC(=O)c3ccccc3)ccc2OC[C@H](C)N(C(=O)C2CC2)C[C@H]1C. The zero-order valence-corrected chi connectivity index (χ0v) is 21.4. The first kappa shape index (κ1) is 25.7. The molecule has 2 aromatic rings. The van der Waals surface area contributed by atoms with Gasteiger partial charge in [0.15, 0.2) is 0 Å². The van der Waals surface area contributed by atoms with Crippen molar-refractivity contribution in [3.63, 3.8) is 0 Å². The van der Waals surface area contributed by atoms with E-state index in [1.54, 1.807) is 61.5 Å². The van der Waals surface area contributed by atoms with E-state index in [0.717, 1.165) is 12.8 Å². The van der Waals surface area contributed by atoms with Crippen LogP contribution in [-0.4, -0.2) is 73.5 Å². The third-order valence-electron chi connectivity index (χ3n) is 6.95. The fourth-order valence-corrected chi connectivity index (χ4v) is 4.52. The molecule has 8 heteroatoms. The van der Waals surface area contributed by atoms with Crippen molar-refractivity contribution in [2.24, 2.45) is 11.8 Å². The van der Waals surface area contributed by atoms with Gasteiger partial charge in [-0.05, 0) is 50.1 Å². The van der Waals surface area contributed by atoms with Gasteiger partial charge in [0.25, 0.3) is 11.8 Å². The smallest absolute Gasteiger partial charge is 0.257 e. The fraction of sp³-hybridized carbons (Fsp3) is 0.464. The van der Waals surface area contributed by atoms with Crippen molar-refractivity contribution in [1.82, 2.24) is 9.80 Å². The lowest BCUT2D eigenvalue weighted by atomic mass is 10.0. The molecule has 192 valence electrons. The van der Waals surface area contributed by atoms with Crippen LogP contribution in [0.15, 0.2) is 48.5 Å². The first-order chi connectivity index (χ1) is 17.3. The number of carbonyl (C=O) groups is 3. The minimum Gasteiger partial charge on any atom is -0.491 e. The van der Waals surface area contributed by atoms with Gasteiger partial charge in [-0.15, -0.1) is 0 Å². The average molecular weight is 494 g/mol. The molecule has 0 spiro atoms. The number of methoxy groups -OCH3 is 1. The quantitative estimate of drug-likeness (QED) is 0.702. The van der Waals surface area contributed by atoms with E-state index < -0.39 is 0 Å². The molecule has 2 aliphatic rings. The average Bonchev–Trinajstić information content (AvgIpc) is 3.74. The summed E-state index contributed by atoms with van der Waals surface area (Å²) in [6.45, 7) is 5.17. The molecule has 0 radical (unpaired) electrons. The maximum atomic E-state index is 13.5. The molecule has 1 heterocycles. The molecule has 4 rings (SSSR count). The zero-order chi connectivity index (χ0) is 25.8. The van der Waals surface area contributed by atoms with Crippen molar-refractivity contribution in [1.29, 1.82) is 0 Å². The molecule has 0 saturated heterocycles. The summed E-state index contributed by atoms with van der Waals surface area (Å²) in [7, 11) is 3.36. The number of likely N-dealkylation sites (N-methyl/N-ethyl adjacent to an activating group) is 1. The Balaban J connectivity index is 1.63. The molecule has 0 unspecified atom stereocenters. The lowest BCUT2D eigenvalue weighted by Crippen LogP contribution is -2.49. The molecular weight excluding hydrogens is 458 g/mol. The number of anilines is 1. The third kappa shape index (κ3) is 5.87. The van der Waals surface area contributed by atoms with Crippen LogP contribution in [0.25, 0.3) is 0 Å². The first-order valence-electron chi connectivity index (χ1n) is 12.5. The predicted octanol–water partition coefficient (Wildman–Crippen LogP) is 3.68. The van der Waals surface area contributed by atoms with Crippen LogP contribution in [0.2, 0.25) is 0 Å². The van der Waals surface area contributed by atoms with Crippen molar-refractivity contribution in [2.45, 2.75) is 38.8 Å². The van der Waals surface area contributed by atoms with Gasteiger partial charge in [-0.2, -0.15) is 0 Å². The number of hydrogen-bond acceptors (Lipinski definition) is 5. The summed E-state index contributed by atoms with van der Waals surface area (Å²) in [5.74, 6) is 0.203. The number of nitrogens with zero attached hydrogens (tertiary/aromatic N) is 2. The molecule has 8 nitrogen and oxygen atoms in total. The van der Waals surface area contributed by atoms with E-state index in [-0.39, 0.29) is 48.3 Å². The minimum atomic E-state index is -0.262. The van der Waals surface area contributed by atoms with Gasteiger partial charge < -0.3 is 24.6 Å². The highest BCUT2D eigenvalue weighted by molar-refractivity contribution is 6.05. The van der Waals surface area contributed by atoms with Crippen LogP contribution in [0, 0.1) is 11.8 Å². The Kier molecular flexibility index (Phi) is 7.94.